The zero-order valence-electron chi connectivity index (χ0n) is 12.6. The van der Waals surface area contributed by atoms with Crippen molar-refractivity contribution in [2.24, 2.45) is 0 Å². The van der Waals surface area contributed by atoms with E-state index in [1.54, 1.807) is 14.2 Å². The summed E-state index contributed by atoms with van der Waals surface area (Å²) in [6.45, 7) is 0.625. The maximum absolute atomic E-state index is 5.32. The molecule has 0 fully saturated rings. The normalized spacial score (nSPS) is 10.5. The molecule has 0 aliphatic rings. The Morgan fingerprint density at radius 3 is 2.45 bits per heavy atom. The van der Waals surface area contributed by atoms with Gasteiger partial charge >= 0.3 is 0 Å². The fraction of sp³-hybridized carbons (Fsp3) is 0.176. The SMILES string of the molecule is COc1ccc(Cn2cc(-c3ccccc3)nn2)cc1OC. The number of methoxy groups -OCH3 is 2. The van der Waals surface area contributed by atoms with Crippen molar-refractivity contribution in [2.75, 3.05) is 14.2 Å². The van der Waals surface area contributed by atoms with Crippen LogP contribution in [0.1, 0.15) is 5.56 Å². The van der Waals surface area contributed by atoms with Crippen LogP contribution in [0.5, 0.6) is 11.5 Å². The summed E-state index contributed by atoms with van der Waals surface area (Å²) in [5.74, 6) is 1.43. The highest BCUT2D eigenvalue weighted by molar-refractivity contribution is 5.57. The Labute approximate surface area is 129 Å². The second-order valence-corrected chi connectivity index (χ2v) is 4.86. The van der Waals surface area contributed by atoms with Crippen molar-refractivity contribution in [1.29, 1.82) is 0 Å². The molecule has 1 heterocycles. The molecule has 1 aromatic heterocycles. The van der Waals surface area contributed by atoms with Gasteiger partial charge in [-0.1, -0.05) is 41.6 Å². The van der Waals surface area contributed by atoms with Crippen LogP contribution in [0.2, 0.25) is 0 Å². The maximum Gasteiger partial charge on any atom is 0.161 e. The van der Waals surface area contributed by atoms with Gasteiger partial charge in [0, 0.05) is 5.56 Å². The van der Waals surface area contributed by atoms with Crippen LogP contribution in [0.25, 0.3) is 11.3 Å². The van der Waals surface area contributed by atoms with Crippen molar-refractivity contribution < 1.29 is 9.47 Å². The van der Waals surface area contributed by atoms with E-state index in [0.29, 0.717) is 12.3 Å². The highest BCUT2D eigenvalue weighted by Gasteiger charge is 2.07. The topological polar surface area (TPSA) is 49.2 Å². The molecule has 0 spiro atoms. The summed E-state index contributed by atoms with van der Waals surface area (Å²) in [5.41, 5.74) is 2.99. The van der Waals surface area contributed by atoms with Gasteiger partial charge in [0.05, 0.1) is 27.0 Å². The molecule has 0 amide bonds. The molecule has 5 nitrogen and oxygen atoms in total. The number of rotatable bonds is 5. The highest BCUT2D eigenvalue weighted by Crippen LogP contribution is 2.27. The maximum atomic E-state index is 5.32. The molecule has 0 radical (unpaired) electrons. The van der Waals surface area contributed by atoms with E-state index in [-0.39, 0.29) is 0 Å². The Morgan fingerprint density at radius 2 is 1.73 bits per heavy atom. The van der Waals surface area contributed by atoms with E-state index in [4.69, 9.17) is 9.47 Å². The zero-order valence-corrected chi connectivity index (χ0v) is 12.6. The van der Waals surface area contributed by atoms with Crippen LogP contribution in [0.15, 0.2) is 54.7 Å². The predicted octanol–water partition coefficient (Wildman–Crippen LogP) is 3.01. The first-order chi connectivity index (χ1) is 10.8. The van der Waals surface area contributed by atoms with Gasteiger partial charge < -0.3 is 9.47 Å². The average Bonchev–Trinajstić information content (AvgIpc) is 3.04. The summed E-state index contributed by atoms with van der Waals surface area (Å²) < 4.78 is 12.4. The molecular formula is C17H17N3O2. The van der Waals surface area contributed by atoms with Crippen molar-refractivity contribution >= 4 is 0 Å². The Morgan fingerprint density at radius 1 is 0.955 bits per heavy atom. The molecule has 0 saturated heterocycles. The quantitative estimate of drug-likeness (QED) is 0.726. The Hall–Kier alpha value is -2.82. The second-order valence-electron chi connectivity index (χ2n) is 4.86. The van der Waals surface area contributed by atoms with Crippen molar-refractivity contribution in [1.82, 2.24) is 15.0 Å². The highest BCUT2D eigenvalue weighted by atomic mass is 16.5. The van der Waals surface area contributed by atoms with Crippen LogP contribution < -0.4 is 9.47 Å². The first kappa shape index (κ1) is 14.1. The fourth-order valence-corrected chi connectivity index (χ4v) is 2.28. The molecule has 0 saturated carbocycles. The van der Waals surface area contributed by atoms with Gasteiger partial charge in [0.25, 0.3) is 0 Å². The second kappa shape index (κ2) is 6.30. The van der Waals surface area contributed by atoms with Crippen LogP contribution >= 0.6 is 0 Å². The minimum atomic E-state index is 0.625. The molecule has 0 bridgehead atoms. The van der Waals surface area contributed by atoms with Gasteiger partial charge in [-0.15, -0.1) is 5.10 Å². The summed E-state index contributed by atoms with van der Waals surface area (Å²) >= 11 is 0. The van der Waals surface area contributed by atoms with Crippen LogP contribution in [0, 0.1) is 0 Å². The lowest BCUT2D eigenvalue weighted by Gasteiger charge is -2.09. The Kier molecular flexibility index (Phi) is 4.05. The van der Waals surface area contributed by atoms with Gasteiger partial charge in [-0.2, -0.15) is 0 Å². The summed E-state index contributed by atoms with van der Waals surface area (Å²) in [4.78, 5) is 0. The first-order valence-electron chi connectivity index (χ1n) is 6.96. The molecule has 0 aliphatic carbocycles. The number of benzene rings is 2. The molecule has 0 N–H and O–H groups in total. The Bertz CT molecular complexity index is 754. The van der Waals surface area contributed by atoms with E-state index in [0.717, 1.165) is 22.6 Å². The van der Waals surface area contributed by atoms with E-state index >= 15 is 0 Å². The summed E-state index contributed by atoms with van der Waals surface area (Å²) in [6.07, 6.45) is 1.94. The van der Waals surface area contributed by atoms with Gasteiger partial charge in [-0.25, -0.2) is 4.68 Å². The molecule has 0 aliphatic heterocycles. The molecular weight excluding hydrogens is 278 g/mol. The van der Waals surface area contributed by atoms with Crippen molar-refractivity contribution in [2.45, 2.75) is 6.54 Å². The van der Waals surface area contributed by atoms with E-state index in [9.17, 15) is 0 Å². The van der Waals surface area contributed by atoms with Crippen LogP contribution in [-0.2, 0) is 6.54 Å². The van der Waals surface area contributed by atoms with Crippen LogP contribution in [0.3, 0.4) is 0 Å². The third kappa shape index (κ3) is 2.93. The smallest absolute Gasteiger partial charge is 0.161 e. The summed E-state index contributed by atoms with van der Waals surface area (Å²) in [7, 11) is 3.26. The van der Waals surface area contributed by atoms with Gasteiger partial charge in [-0.3, -0.25) is 0 Å². The molecule has 0 unspecified atom stereocenters. The lowest BCUT2D eigenvalue weighted by atomic mass is 10.2. The number of ether oxygens (including phenoxy) is 2. The molecule has 0 atom stereocenters. The standard InChI is InChI=1S/C17H17N3O2/c1-21-16-9-8-13(10-17(16)22-2)11-20-12-15(18-19-20)14-6-4-3-5-7-14/h3-10,12H,11H2,1-2H3. The molecule has 2 aromatic carbocycles. The van der Waals surface area contributed by atoms with Gasteiger partial charge in [0.1, 0.15) is 5.69 Å². The fourth-order valence-electron chi connectivity index (χ4n) is 2.28. The predicted molar refractivity (Wildman–Crippen MR) is 84.1 cm³/mol. The van der Waals surface area contributed by atoms with Crippen molar-refractivity contribution in [3.05, 3.63) is 60.3 Å². The number of nitrogens with zero attached hydrogens (tertiary/aromatic N) is 3. The monoisotopic (exact) mass is 295 g/mol. The average molecular weight is 295 g/mol. The molecule has 112 valence electrons. The van der Waals surface area contributed by atoms with Crippen molar-refractivity contribution in [3.63, 3.8) is 0 Å². The summed E-state index contributed by atoms with van der Waals surface area (Å²) in [6, 6.07) is 15.8. The lowest BCUT2D eigenvalue weighted by molar-refractivity contribution is 0.354. The first-order valence-corrected chi connectivity index (χ1v) is 6.96. The Balaban J connectivity index is 1.81. The lowest BCUT2D eigenvalue weighted by Crippen LogP contribution is -2.01. The third-order valence-electron chi connectivity index (χ3n) is 3.40. The molecule has 5 heteroatoms. The third-order valence-corrected chi connectivity index (χ3v) is 3.40. The molecule has 3 aromatic rings. The number of hydrogen-bond donors (Lipinski definition) is 0. The van der Waals surface area contributed by atoms with Crippen LogP contribution in [0.4, 0.5) is 0 Å². The zero-order chi connectivity index (χ0) is 15.4. The van der Waals surface area contributed by atoms with E-state index in [1.807, 2.05) is 59.4 Å². The number of aromatic nitrogens is 3. The van der Waals surface area contributed by atoms with E-state index < -0.39 is 0 Å². The van der Waals surface area contributed by atoms with E-state index in [2.05, 4.69) is 10.3 Å². The van der Waals surface area contributed by atoms with Gasteiger partial charge in [0.2, 0.25) is 0 Å². The van der Waals surface area contributed by atoms with Gasteiger partial charge in [0.15, 0.2) is 11.5 Å². The largest absolute Gasteiger partial charge is 0.493 e. The molecule has 22 heavy (non-hydrogen) atoms. The minimum Gasteiger partial charge on any atom is -0.493 e. The molecule has 3 rings (SSSR count). The van der Waals surface area contributed by atoms with E-state index in [1.165, 1.54) is 0 Å². The minimum absolute atomic E-state index is 0.625. The van der Waals surface area contributed by atoms with Gasteiger partial charge in [-0.05, 0) is 17.7 Å². The van der Waals surface area contributed by atoms with Crippen LogP contribution in [-0.4, -0.2) is 29.2 Å². The summed E-state index contributed by atoms with van der Waals surface area (Å²) in [5, 5.41) is 8.40. The number of hydrogen-bond acceptors (Lipinski definition) is 4. The van der Waals surface area contributed by atoms with Crippen molar-refractivity contribution in [3.8, 4) is 22.8 Å².